The summed E-state index contributed by atoms with van der Waals surface area (Å²) >= 11 is 0. The van der Waals surface area contributed by atoms with Gasteiger partial charge in [-0.05, 0) is 26.2 Å². The lowest BCUT2D eigenvalue weighted by Gasteiger charge is -2.33. The highest BCUT2D eigenvalue weighted by atomic mass is 16.5. The molecule has 0 aromatic carbocycles. The maximum atomic E-state index is 6.24. The topological polar surface area (TPSA) is 35.2 Å². The van der Waals surface area contributed by atoms with Crippen molar-refractivity contribution in [1.29, 1.82) is 0 Å². The molecule has 0 amide bonds. The van der Waals surface area contributed by atoms with E-state index in [-0.39, 0.29) is 5.54 Å². The molecule has 13 heavy (non-hydrogen) atoms. The quantitative estimate of drug-likeness (QED) is 0.730. The van der Waals surface area contributed by atoms with Gasteiger partial charge >= 0.3 is 0 Å². The van der Waals surface area contributed by atoms with Crippen LogP contribution in [0.3, 0.4) is 0 Å². The van der Waals surface area contributed by atoms with Crippen LogP contribution in [0.1, 0.15) is 52.4 Å². The summed E-state index contributed by atoms with van der Waals surface area (Å²) in [4.78, 5) is 0. The molecule has 0 aromatic rings. The Bertz CT molecular complexity index is 141. The Morgan fingerprint density at radius 3 is 2.46 bits per heavy atom. The van der Waals surface area contributed by atoms with E-state index in [1.54, 1.807) is 0 Å². The van der Waals surface area contributed by atoms with E-state index in [1.807, 2.05) is 0 Å². The molecule has 0 heterocycles. The summed E-state index contributed by atoms with van der Waals surface area (Å²) in [6, 6.07) is 0. The Balaban J connectivity index is 2.24. The summed E-state index contributed by atoms with van der Waals surface area (Å²) in [5.74, 6) is 0. The number of ether oxygens (including phenoxy) is 1. The Morgan fingerprint density at radius 2 is 1.92 bits per heavy atom. The molecule has 0 saturated heterocycles. The summed E-state index contributed by atoms with van der Waals surface area (Å²) in [7, 11) is 0. The second-order valence-corrected chi connectivity index (χ2v) is 4.45. The maximum Gasteiger partial charge on any atom is 0.0649 e. The van der Waals surface area contributed by atoms with Gasteiger partial charge in [-0.3, -0.25) is 0 Å². The molecule has 1 atom stereocenters. The lowest BCUT2D eigenvalue weighted by molar-refractivity contribution is 0.0173. The lowest BCUT2D eigenvalue weighted by atomic mass is 9.83. The average molecular weight is 185 g/mol. The van der Waals surface area contributed by atoms with Crippen molar-refractivity contribution in [1.82, 2.24) is 0 Å². The highest BCUT2D eigenvalue weighted by Gasteiger charge is 2.27. The van der Waals surface area contributed by atoms with Gasteiger partial charge in [-0.1, -0.05) is 26.2 Å². The first kappa shape index (κ1) is 11.0. The highest BCUT2D eigenvalue weighted by molar-refractivity contribution is 4.87. The predicted molar refractivity (Wildman–Crippen MR) is 55.7 cm³/mol. The fourth-order valence-corrected chi connectivity index (χ4v) is 1.83. The van der Waals surface area contributed by atoms with Crippen molar-refractivity contribution < 1.29 is 4.74 Å². The van der Waals surface area contributed by atoms with Gasteiger partial charge in [0.1, 0.15) is 0 Å². The van der Waals surface area contributed by atoms with Crippen LogP contribution in [0.15, 0.2) is 0 Å². The zero-order valence-electron chi connectivity index (χ0n) is 9.01. The Morgan fingerprint density at radius 1 is 1.31 bits per heavy atom. The van der Waals surface area contributed by atoms with Gasteiger partial charge in [-0.15, -0.1) is 0 Å². The molecular weight excluding hydrogens is 162 g/mol. The van der Waals surface area contributed by atoms with Crippen LogP contribution >= 0.6 is 0 Å². The van der Waals surface area contributed by atoms with Gasteiger partial charge in [0.25, 0.3) is 0 Å². The molecule has 2 nitrogen and oxygen atoms in total. The van der Waals surface area contributed by atoms with E-state index in [0.717, 1.165) is 25.9 Å². The van der Waals surface area contributed by atoms with Gasteiger partial charge in [0, 0.05) is 5.54 Å². The van der Waals surface area contributed by atoms with Gasteiger partial charge in [0.15, 0.2) is 0 Å². The van der Waals surface area contributed by atoms with E-state index >= 15 is 0 Å². The van der Waals surface area contributed by atoms with Gasteiger partial charge in [-0.2, -0.15) is 0 Å². The molecule has 0 aromatic heterocycles. The number of rotatable bonds is 4. The van der Waals surface area contributed by atoms with Crippen LogP contribution in [0.5, 0.6) is 0 Å². The van der Waals surface area contributed by atoms with Crippen molar-refractivity contribution in [2.45, 2.75) is 64.0 Å². The average Bonchev–Trinajstić information content (AvgIpc) is 2.15. The zero-order valence-corrected chi connectivity index (χ0v) is 9.01. The minimum Gasteiger partial charge on any atom is -0.377 e. The fraction of sp³-hybridized carbons (Fsp3) is 1.00. The van der Waals surface area contributed by atoms with Crippen LogP contribution in [0.4, 0.5) is 0 Å². The van der Waals surface area contributed by atoms with Crippen molar-refractivity contribution in [2.24, 2.45) is 5.73 Å². The molecule has 2 heteroatoms. The third kappa shape index (κ3) is 3.65. The third-order valence-electron chi connectivity index (χ3n) is 3.08. The van der Waals surface area contributed by atoms with Crippen molar-refractivity contribution in [3.63, 3.8) is 0 Å². The van der Waals surface area contributed by atoms with E-state index in [4.69, 9.17) is 10.5 Å². The standard InChI is InChI=1S/C11H23NO/c1-3-10(2)13-9-11(12)7-5-4-6-8-11/h10H,3-9,12H2,1-2H3. The zero-order chi connectivity index (χ0) is 9.73. The monoisotopic (exact) mass is 185 g/mol. The smallest absolute Gasteiger partial charge is 0.0649 e. The molecule has 2 N–H and O–H groups in total. The molecule has 1 rings (SSSR count). The SMILES string of the molecule is CCC(C)OCC1(N)CCCCC1. The summed E-state index contributed by atoms with van der Waals surface area (Å²) in [6.45, 7) is 5.02. The van der Waals surface area contributed by atoms with Crippen LogP contribution in [-0.4, -0.2) is 18.2 Å². The second kappa shape index (κ2) is 4.97. The van der Waals surface area contributed by atoms with Crippen LogP contribution in [-0.2, 0) is 4.74 Å². The van der Waals surface area contributed by atoms with E-state index in [0.29, 0.717) is 6.10 Å². The number of nitrogens with two attached hydrogens (primary N) is 1. The Kier molecular flexibility index (Phi) is 4.20. The number of hydrogen-bond donors (Lipinski definition) is 1. The largest absolute Gasteiger partial charge is 0.377 e. The first-order valence-electron chi connectivity index (χ1n) is 5.57. The molecule has 1 unspecified atom stereocenters. The maximum absolute atomic E-state index is 6.24. The molecule has 1 saturated carbocycles. The van der Waals surface area contributed by atoms with Crippen LogP contribution in [0.25, 0.3) is 0 Å². The van der Waals surface area contributed by atoms with E-state index in [2.05, 4.69) is 13.8 Å². The van der Waals surface area contributed by atoms with Crippen LogP contribution in [0, 0.1) is 0 Å². The molecule has 1 aliphatic carbocycles. The number of hydrogen-bond acceptors (Lipinski definition) is 2. The van der Waals surface area contributed by atoms with Crippen molar-refractivity contribution in [3.8, 4) is 0 Å². The molecule has 0 spiro atoms. The molecule has 0 aliphatic heterocycles. The molecule has 1 aliphatic rings. The molecule has 1 fully saturated rings. The first-order valence-corrected chi connectivity index (χ1v) is 5.57. The highest BCUT2D eigenvalue weighted by Crippen LogP contribution is 2.26. The summed E-state index contributed by atoms with van der Waals surface area (Å²) in [6.07, 6.45) is 7.63. The lowest BCUT2D eigenvalue weighted by Crippen LogP contribution is -2.46. The second-order valence-electron chi connectivity index (χ2n) is 4.45. The van der Waals surface area contributed by atoms with Crippen LogP contribution in [0.2, 0.25) is 0 Å². The summed E-state index contributed by atoms with van der Waals surface area (Å²) < 4.78 is 5.71. The Hall–Kier alpha value is -0.0800. The minimum absolute atomic E-state index is 0.0122. The van der Waals surface area contributed by atoms with Crippen molar-refractivity contribution >= 4 is 0 Å². The van der Waals surface area contributed by atoms with E-state index in [1.165, 1.54) is 19.3 Å². The Labute approximate surface area is 81.8 Å². The van der Waals surface area contributed by atoms with Gasteiger partial charge in [0.2, 0.25) is 0 Å². The summed E-state index contributed by atoms with van der Waals surface area (Å²) in [5, 5.41) is 0. The fourth-order valence-electron chi connectivity index (χ4n) is 1.83. The van der Waals surface area contributed by atoms with E-state index in [9.17, 15) is 0 Å². The third-order valence-corrected chi connectivity index (χ3v) is 3.08. The molecule has 0 bridgehead atoms. The molecule has 78 valence electrons. The van der Waals surface area contributed by atoms with Gasteiger partial charge in [0.05, 0.1) is 12.7 Å². The molecular formula is C11H23NO. The predicted octanol–water partition coefficient (Wildman–Crippen LogP) is 2.46. The molecule has 0 radical (unpaired) electrons. The first-order chi connectivity index (χ1) is 6.16. The van der Waals surface area contributed by atoms with Crippen LogP contribution < -0.4 is 5.73 Å². The van der Waals surface area contributed by atoms with E-state index < -0.39 is 0 Å². The van der Waals surface area contributed by atoms with Crippen molar-refractivity contribution in [2.75, 3.05) is 6.61 Å². The minimum atomic E-state index is -0.0122. The normalized spacial score (nSPS) is 24.2. The van der Waals surface area contributed by atoms with Gasteiger partial charge < -0.3 is 10.5 Å². The summed E-state index contributed by atoms with van der Waals surface area (Å²) in [5.41, 5.74) is 6.22. The van der Waals surface area contributed by atoms with Crippen molar-refractivity contribution in [3.05, 3.63) is 0 Å². The van der Waals surface area contributed by atoms with Gasteiger partial charge in [-0.25, -0.2) is 0 Å².